The fourth-order valence-electron chi connectivity index (χ4n) is 2.61. The Labute approximate surface area is 150 Å². The number of benzene rings is 2. The van der Waals surface area contributed by atoms with E-state index >= 15 is 0 Å². The highest BCUT2D eigenvalue weighted by Crippen LogP contribution is 2.21. The number of hydrogen-bond donors (Lipinski definition) is 0. The van der Waals surface area contributed by atoms with Gasteiger partial charge < -0.3 is 14.4 Å². The Morgan fingerprint density at radius 2 is 1.64 bits per heavy atom. The molecule has 0 saturated heterocycles. The number of carbonyl (C=O) groups is 1. The van der Waals surface area contributed by atoms with Crippen molar-refractivity contribution in [2.24, 2.45) is 0 Å². The highest BCUT2D eigenvalue weighted by atomic mass is 16.6. The van der Waals surface area contributed by atoms with Gasteiger partial charge in [0, 0.05) is 13.0 Å². The number of hydrogen-bond acceptors (Lipinski definition) is 4. The summed E-state index contributed by atoms with van der Waals surface area (Å²) < 4.78 is 10.9. The molecule has 0 amide bonds. The van der Waals surface area contributed by atoms with Gasteiger partial charge in [0.25, 0.3) is 0 Å². The Balaban J connectivity index is 1.83. The molecule has 0 aliphatic rings. The maximum Gasteiger partial charge on any atom is 0.344 e. The fraction of sp³-hybridized carbons (Fsp3) is 0.381. The number of para-hydroxylation sites is 1. The van der Waals surface area contributed by atoms with Crippen molar-refractivity contribution in [1.29, 1.82) is 0 Å². The van der Waals surface area contributed by atoms with Crippen molar-refractivity contribution in [3.8, 4) is 5.75 Å². The third kappa shape index (κ3) is 6.59. The summed E-state index contributed by atoms with van der Waals surface area (Å²) >= 11 is 0. The van der Waals surface area contributed by atoms with Gasteiger partial charge in [-0.2, -0.15) is 0 Å². The quantitative estimate of drug-likeness (QED) is 0.620. The third-order valence-electron chi connectivity index (χ3n) is 4.12. The first-order valence-corrected chi connectivity index (χ1v) is 8.85. The fourth-order valence-corrected chi connectivity index (χ4v) is 2.61. The van der Waals surface area contributed by atoms with Crippen LogP contribution in [0.2, 0.25) is 0 Å². The number of likely N-dealkylation sites (N-methyl/N-ethyl adjacent to an activating group) is 1. The second-order valence-electron chi connectivity index (χ2n) is 5.81. The van der Waals surface area contributed by atoms with Crippen LogP contribution in [-0.2, 0) is 16.0 Å². The average Bonchev–Trinajstić information content (AvgIpc) is 2.65. The maximum atomic E-state index is 11.9. The van der Waals surface area contributed by atoms with Gasteiger partial charge >= 0.3 is 5.97 Å². The highest BCUT2D eigenvalue weighted by Gasteiger charge is 2.09. The van der Waals surface area contributed by atoms with Crippen molar-refractivity contribution in [3.05, 3.63) is 65.7 Å². The van der Waals surface area contributed by atoms with E-state index in [1.165, 1.54) is 5.56 Å². The van der Waals surface area contributed by atoms with Gasteiger partial charge in [-0.15, -0.1) is 0 Å². The van der Waals surface area contributed by atoms with Crippen LogP contribution in [0.25, 0.3) is 0 Å². The Bertz CT molecular complexity index is 639. The second kappa shape index (κ2) is 10.5. The first-order valence-electron chi connectivity index (χ1n) is 8.85. The largest absolute Gasteiger partial charge is 0.482 e. The molecule has 0 unspecified atom stereocenters. The van der Waals surface area contributed by atoms with Gasteiger partial charge in [-0.1, -0.05) is 62.4 Å². The van der Waals surface area contributed by atoms with Gasteiger partial charge in [-0.05, 0) is 30.3 Å². The Morgan fingerprint density at radius 3 is 2.36 bits per heavy atom. The second-order valence-corrected chi connectivity index (χ2v) is 5.81. The molecule has 2 rings (SSSR count). The summed E-state index contributed by atoms with van der Waals surface area (Å²) in [5, 5.41) is 0. The molecule has 2 aromatic rings. The zero-order chi connectivity index (χ0) is 17.9. The minimum atomic E-state index is -0.332. The van der Waals surface area contributed by atoms with Gasteiger partial charge in [-0.25, -0.2) is 4.79 Å². The third-order valence-corrected chi connectivity index (χ3v) is 4.12. The Morgan fingerprint density at radius 1 is 0.960 bits per heavy atom. The number of ether oxygens (including phenoxy) is 2. The van der Waals surface area contributed by atoms with Crippen LogP contribution in [0.3, 0.4) is 0 Å². The molecule has 4 nitrogen and oxygen atoms in total. The predicted octanol–water partition coefficient (Wildman–Crippen LogP) is 3.54. The molecule has 0 aromatic heterocycles. The highest BCUT2D eigenvalue weighted by molar-refractivity contribution is 5.71. The summed E-state index contributed by atoms with van der Waals surface area (Å²) in [6.07, 6.45) is 0.772. The molecule has 0 spiro atoms. The van der Waals surface area contributed by atoms with Gasteiger partial charge in [0.15, 0.2) is 6.61 Å². The van der Waals surface area contributed by atoms with Gasteiger partial charge in [-0.3, -0.25) is 0 Å². The maximum absolute atomic E-state index is 11.9. The molecule has 0 atom stereocenters. The molecule has 0 saturated carbocycles. The van der Waals surface area contributed by atoms with Crippen LogP contribution in [0.4, 0.5) is 0 Å². The van der Waals surface area contributed by atoms with E-state index in [0.717, 1.165) is 37.4 Å². The first-order chi connectivity index (χ1) is 12.2. The lowest BCUT2D eigenvalue weighted by Gasteiger charge is -2.17. The predicted molar refractivity (Wildman–Crippen MR) is 99.9 cm³/mol. The number of esters is 1. The summed E-state index contributed by atoms with van der Waals surface area (Å²) in [6.45, 7) is 7.19. The minimum absolute atomic E-state index is 0.0654. The zero-order valence-electron chi connectivity index (χ0n) is 15.1. The molecule has 2 aromatic carbocycles. The van der Waals surface area contributed by atoms with Crippen LogP contribution in [0.1, 0.15) is 25.0 Å². The van der Waals surface area contributed by atoms with Crippen molar-refractivity contribution in [3.63, 3.8) is 0 Å². The number of carbonyl (C=O) groups excluding carboxylic acids is 1. The molecule has 0 aliphatic heterocycles. The molecule has 25 heavy (non-hydrogen) atoms. The SMILES string of the molecule is CCN(CC)CCOC(=O)COc1ccccc1Cc1ccccc1. The summed E-state index contributed by atoms with van der Waals surface area (Å²) in [7, 11) is 0. The van der Waals surface area contributed by atoms with E-state index in [-0.39, 0.29) is 12.6 Å². The summed E-state index contributed by atoms with van der Waals surface area (Å²) in [4.78, 5) is 14.1. The summed E-state index contributed by atoms with van der Waals surface area (Å²) in [6, 6.07) is 18.0. The van der Waals surface area contributed by atoms with E-state index in [0.29, 0.717) is 6.61 Å². The van der Waals surface area contributed by atoms with E-state index in [1.54, 1.807) is 0 Å². The minimum Gasteiger partial charge on any atom is -0.482 e. The first kappa shape index (κ1) is 19.0. The van der Waals surface area contributed by atoms with E-state index in [1.807, 2.05) is 42.5 Å². The van der Waals surface area contributed by atoms with Gasteiger partial charge in [0.1, 0.15) is 12.4 Å². The Hall–Kier alpha value is -2.33. The zero-order valence-corrected chi connectivity index (χ0v) is 15.1. The van der Waals surface area contributed by atoms with Crippen molar-refractivity contribution >= 4 is 5.97 Å². The van der Waals surface area contributed by atoms with E-state index in [2.05, 4.69) is 30.9 Å². The molecular weight excluding hydrogens is 314 g/mol. The number of nitrogens with zero attached hydrogens (tertiary/aromatic N) is 1. The van der Waals surface area contributed by atoms with Crippen LogP contribution in [0, 0.1) is 0 Å². The molecule has 4 heteroatoms. The summed E-state index contributed by atoms with van der Waals surface area (Å²) in [5.41, 5.74) is 2.27. The molecule has 0 heterocycles. The van der Waals surface area contributed by atoms with Crippen molar-refractivity contribution < 1.29 is 14.3 Å². The normalized spacial score (nSPS) is 10.7. The standard InChI is InChI=1S/C21H27NO3/c1-3-22(4-2)14-15-24-21(23)17-25-20-13-9-8-12-19(20)16-18-10-6-5-7-11-18/h5-13H,3-4,14-17H2,1-2H3. The van der Waals surface area contributed by atoms with Crippen LogP contribution in [0.15, 0.2) is 54.6 Å². The topological polar surface area (TPSA) is 38.8 Å². The molecule has 0 radical (unpaired) electrons. The lowest BCUT2D eigenvalue weighted by atomic mass is 10.0. The lowest BCUT2D eigenvalue weighted by Crippen LogP contribution is -2.28. The number of rotatable bonds is 10. The molecule has 0 bridgehead atoms. The monoisotopic (exact) mass is 341 g/mol. The van der Waals surface area contributed by atoms with E-state index in [4.69, 9.17) is 9.47 Å². The lowest BCUT2D eigenvalue weighted by molar-refractivity contribution is -0.146. The van der Waals surface area contributed by atoms with Crippen molar-refractivity contribution in [1.82, 2.24) is 4.90 Å². The molecule has 0 N–H and O–H groups in total. The van der Waals surface area contributed by atoms with Crippen molar-refractivity contribution in [2.45, 2.75) is 20.3 Å². The smallest absolute Gasteiger partial charge is 0.344 e. The van der Waals surface area contributed by atoms with Gasteiger partial charge in [0.05, 0.1) is 0 Å². The van der Waals surface area contributed by atoms with Crippen molar-refractivity contribution in [2.75, 3.05) is 32.8 Å². The average molecular weight is 341 g/mol. The molecular formula is C21H27NO3. The molecule has 134 valence electrons. The van der Waals surface area contributed by atoms with Crippen LogP contribution < -0.4 is 4.74 Å². The Kier molecular flexibility index (Phi) is 7.99. The van der Waals surface area contributed by atoms with Crippen LogP contribution in [0.5, 0.6) is 5.75 Å². The van der Waals surface area contributed by atoms with E-state index in [9.17, 15) is 4.79 Å². The van der Waals surface area contributed by atoms with Crippen LogP contribution >= 0.6 is 0 Å². The molecule has 0 aliphatic carbocycles. The summed E-state index contributed by atoms with van der Waals surface area (Å²) in [5.74, 6) is 0.397. The van der Waals surface area contributed by atoms with Gasteiger partial charge in [0.2, 0.25) is 0 Å². The van der Waals surface area contributed by atoms with Crippen LogP contribution in [-0.4, -0.2) is 43.7 Å². The van der Waals surface area contributed by atoms with E-state index < -0.39 is 0 Å². The molecule has 0 fully saturated rings.